The maximum atomic E-state index is 5.86. The Hall–Kier alpha value is -0.0600. The van der Waals surface area contributed by atoms with Gasteiger partial charge in [-0.1, -0.05) is 11.6 Å². The molecule has 1 aromatic heterocycles. The summed E-state index contributed by atoms with van der Waals surface area (Å²) in [6.07, 6.45) is 0. The van der Waals surface area contributed by atoms with E-state index in [1.807, 2.05) is 6.07 Å². The second-order valence-corrected chi connectivity index (χ2v) is 4.87. The highest BCUT2D eigenvalue weighted by Gasteiger charge is 2.14. The van der Waals surface area contributed by atoms with Gasteiger partial charge in [0.15, 0.2) is 0 Å². The van der Waals surface area contributed by atoms with Crippen LogP contribution in [-0.4, -0.2) is 11.8 Å². The predicted octanol–water partition coefficient (Wildman–Crippen LogP) is 2.88. The molecule has 5 heteroatoms. The molecule has 0 aliphatic carbocycles. The van der Waals surface area contributed by atoms with Crippen LogP contribution in [0.3, 0.4) is 0 Å². The molecule has 0 amide bonds. The van der Waals surface area contributed by atoms with Gasteiger partial charge in [0, 0.05) is 0 Å². The average molecular weight is 252 g/mol. The van der Waals surface area contributed by atoms with Gasteiger partial charge in [0.2, 0.25) is 0 Å². The molecular formula is C6H4BrClN2S. The number of hydrogen-bond acceptors (Lipinski definition) is 3. The van der Waals surface area contributed by atoms with E-state index in [0.29, 0.717) is 11.8 Å². The molecule has 0 aromatic carbocycles. The van der Waals surface area contributed by atoms with Crippen LogP contribution in [0.1, 0.15) is 4.88 Å². The maximum absolute atomic E-state index is 5.86. The summed E-state index contributed by atoms with van der Waals surface area (Å²) in [6, 6.07) is 2.01. The van der Waals surface area contributed by atoms with Crippen molar-refractivity contribution >= 4 is 49.7 Å². The van der Waals surface area contributed by atoms with Gasteiger partial charge in [-0.05, 0) is 22.0 Å². The van der Waals surface area contributed by atoms with Gasteiger partial charge in [-0.25, -0.2) is 0 Å². The molecule has 2 nitrogen and oxygen atoms in total. The van der Waals surface area contributed by atoms with Crippen molar-refractivity contribution in [1.29, 1.82) is 0 Å². The molecule has 1 aromatic rings. The number of rotatable bonds is 0. The molecule has 2 heterocycles. The first-order valence-electron chi connectivity index (χ1n) is 3.01. The zero-order chi connectivity index (χ0) is 7.84. The fourth-order valence-electron chi connectivity index (χ4n) is 0.911. The van der Waals surface area contributed by atoms with Crippen LogP contribution < -0.4 is 5.32 Å². The molecule has 0 fully saturated rings. The number of fused-ring (bicyclic) bond motifs is 1. The average Bonchev–Trinajstić information content (AvgIpc) is 2.31. The molecule has 1 N–H and O–H groups in total. The van der Waals surface area contributed by atoms with Crippen LogP contribution in [0.5, 0.6) is 0 Å². The lowest BCUT2D eigenvalue weighted by molar-refractivity contribution is 1.13. The first-order chi connectivity index (χ1) is 5.27. The van der Waals surface area contributed by atoms with E-state index in [9.17, 15) is 0 Å². The SMILES string of the molecule is ClC1=NCNc2cc(Br)sc21. The van der Waals surface area contributed by atoms with Crippen LogP contribution in [-0.2, 0) is 0 Å². The molecule has 0 unspecified atom stereocenters. The lowest BCUT2D eigenvalue weighted by Crippen LogP contribution is -2.08. The van der Waals surface area contributed by atoms with E-state index in [4.69, 9.17) is 11.6 Å². The first kappa shape index (κ1) is 7.58. The van der Waals surface area contributed by atoms with Crippen LogP contribution >= 0.6 is 38.9 Å². The van der Waals surface area contributed by atoms with Crippen molar-refractivity contribution in [3.8, 4) is 0 Å². The molecule has 0 spiro atoms. The fraction of sp³-hybridized carbons (Fsp3) is 0.167. The van der Waals surface area contributed by atoms with E-state index in [1.165, 1.54) is 0 Å². The molecule has 58 valence electrons. The van der Waals surface area contributed by atoms with Gasteiger partial charge < -0.3 is 5.32 Å². The predicted molar refractivity (Wildman–Crippen MR) is 52.9 cm³/mol. The number of nitrogens with one attached hydrogen (secondary N) is 1. The maximum Gasteiger partial charge on any atom is 0.145 e. The van der Waals surface area contributed by atoms with Crippen molar-refractivity contribution < 1.29 is 0 Å². The summed E-state index contributed by atoms with van der Waals surface area (Å²) in [7, 11) is 0. The molecule has 1 aliphatic rings. The number of thiophene rings is 1. The van der Waals surface area contributed by atoms with E-state index in [0.717, 1.165) is 14.4 Å². The number of aliphatic imine (C=N–C) groups is 1. The van der Waals surface area contributed by atoms with Crippen LogP contribution in [0.4, 0.5) is 5.69 Å². The Labute approximate surface area is 81.4 Å². The van der Waals surface area contributed by atoms with Crippen molar-refractivity contribution in [3.63, 3.8) is 0 Å². The standard InChI is InChI=1S/C6H4BrClN2S/c7-4-1-3-5(11-4)6(8)10-2-9-3/h1,9H,2H2. The van der Waals surface area contributed by atoms with Crippen molar-refractivity contribution in [2.24, 2.45) is 4.99 Å². The molecule has 0 bridgehead atoms. The van der Waals surface area contributed by atoms with Crippen molar-refractivity contribution in [1.82, 2.24) is 0 Å². The second kappa shape index (κ2) is 2.77. The van der Waals surface area contributed by atoms with Crippen LogP contribution in [0.2, 0.25) is 0 Å². The molecule has 1 aliphatic heterocycles. The number of halogens is 2. The Kier molecular flexibility index (Phi) is 1.91. The highest BCUT2D eigenvalue weighted by Crippen LogP contribution is 2.34. The van der Waals surface area contributed by atoms with E-state index in [2.05, 4.69) is 26.2 Å². The Morgan fingerprint density at radius 1 is 1.73 bits per heavy atom. The van der Waals surface area contributed by atoms with Gasteiger partial charge in [-0.15, -0.1) is 11.3 Å². The first-order valence-corrected chi connectivity index (χ1v) is 4.99. The Morgan fingerprint density at radius 3 is 3.27 bits per heavy atom. The van der Waals surface area contributed by atoms with Gasteiger partial charge in [0.25, 0.3) is 0 Å². The zero-order valence-electron chi connectivity index (χ0n) is 5.40. The van der Waals surface area contributed by atoms with E-state index in [-0.39, 0.29) is 0 Å². The molecular weight excluding hydrogens is 248 g/mol. The second-order valence-electron chi connectivity index (χ2n) is 2.08. The topological polar surface area (TPSA) is 24.4 Å². The van der Waals surface area contributed by atoms with Gasteiger partial charge >= 0.3 is 0 Å². The van der Waals surface area contributed by atoms with Crippen LogP contribution in [0.25, 0.3) is 0 Å². The van der Waals surface area contributed by atoms with Gasteiger partial charge in [0.1, 0.15) is 11.8 Å². The lowest BCUT2D eigenvalue weighted by Gasteiger charge is -2.08. The van der Waals surface area contributed by atoms with E-state index >= 15 is 0 Å². The minimum atomic E-state index is 0.578. The highest BCUT2D eigenvalue weighted by molar-refractivity contribution is 9.11. The highest BCUT2D eigenvalue weighted by atomic mass is 79.9. The van der Waals surface area contributed by atoms with Gasteiger partial charge in [0.05, 0.1) is 14.4 Å². The zero-order valence-corrected chi connectivity index (χ0v) is 8.55. The van der Waals surface area contributed by atoms with E-state index in [1.54, 1.807) is 11.3 Å². The van der Waals surface area contributed by atoms with Gasteiger partial charge in [-0.2, -0.15) is 0 Å². The quantitative estimate of drug-likeness (QED) is 0.753. The van der Waals surface area contributed by atoms with Crippen molar-refractivity contribution in [3.05, 3.63) is 14.7 Å². The number of anilines is 1. The Morgan fingerprint density at radius 2 is 2.55 bits per heavy atom. The summed E-state index contributed by atoms with van der Waals surface area (Å²) in [4.78, 5) is 5.06. The largest absolute Gasteiger partial charge is 0.365 e. The van der Waals surface area contributed by atoms with Crippen LogP contribution in [0, 0.1) is 0 Å². The lowest BCUT2D eigenvalue weighted by atomic mass is 10.4. The summed E-state index contributed by atoms with van der Waals surface area (Å²) in [5, 5.41) is 3.73. The molecule has 2 rings (SSSR count). The van der Waals surface area contributed by atoms with Crippen LogP contribution in [0.15, 0.2) is 14.8 Å². The third kappa shape index (κ3) is 1.30. The molecule has 0 saturated carbocycles. The van der Waals surface area contributed by atoms with Crippen molar-refractivity contribution in [2.75, 3.05) is 12.0 Å². The number of nitrogens with zero attached hydrogens (tertiary/aromatic N) is 1. The minimum absolute atomic E-state index is 0.578. The van der Waals surface area contributed by atoms with E-state index < -0.39 is 0 Å². The fourth-order valence-corrected chi connectivity index (χ4v) is 2.66. The third-order valence-corrected chi connectivity index (χ3v) is 3.44. The minimum Gasteiger partial charge on any atom is -0.365 e. The monoisotopic (exact) mass is 250 g/mol. The summed E-state index contributed by atoms with van der Waals surface area (Å²) in [5.74, 6) is 0. The number of hydrogen-bond donors (Lipinski definition) is 1. The normalized spacial score (nSPS) is 15.3. The smallest absolute Gasteiger partial charge is 0.145 e. The molecule has 0 atom stereocenters. The van der Waals surface area contributed by atoms with Gasteiger partial charge in [-0.3, -0.25) is 4.99 Å². The summed E-state index contributed by atoms with van der Waals surface area (Å²) in [6.45, 7) is 0.578. The molecule has 0 saturated heterocycles. The summed E-state index contributed by atoms with van der Waals surface area (Å²) in [5.41, 5.74) is 1.07. The third-order valence-electron chi connectivity index (χ3n) is 1.38. The Bertz CT molecular complexity index is 320. The van der Waals surface area contributed by atoms with Crippen molar-refractivity contribution in [2.45, 2.75) is 0 Å². The summed E-state index contributed by atoms with van der Waals surface area (Å²) < 4.78 is 1.07. The summed E-state index contributed by atoms with van der Waals surface area (Å²) >= 11 is 10.8. The molecule has 0 radical (unpaired) electrons. The molecule has 11 heavy (non-hydrogen) atoms. The Balaban J connectivity index is 2.55.